The molecule has 4 rings (SSSR count). The fourth-order valence-electron chi connectivity index (χ4n) is 5.54. The minimum atomic E-state index is -3.12. The molecule has 0 amide bonds. The van der Waals surface area contributed by atoms with Gasteiger partial charge >= 0.3 is 0 Å². The Kier molecular flexibility index (Phi) is 2.34. The van der Waals surface area contributed by atoms with Crippen molar-refractivity contribution in [2.75, 3.05) is 12.5 Å². The monoisotopic (exact) mass is 314 g/mol. The summed E-state index contributed by atoms with van der Waals surface area (Å²) in [5, 5.41) is -0.721. The third-order valence-electron chi connectivity index (χ3n) is 5.84. The summed E-state index contributed by atoms with van der Waals surface area (Å²) in [6.45, 7) is 0. The van der Waals surface area contributed by atoms with Gasteiger partial charge in [0, 0.05) is 12.5 Å². The van der Waals surface area contributed by atoms with Crippen LogP contribution in [0.15, 0.2) is 24.3 Å². The molecule has 0 heterocycles. The van der Waals surface area contributed by atoms with Crippen LogP contribution >= 0.6 is 0 Å². The van der Waals surface area contributed by atoms with Crippen molar-refractivity contribution in [3.05, 3.63) is 24.3 Å². The first-order chi connectivity index (χ1) is 9.21. The summed E-state index contributed by atoms with van der Waals surface area (Å²) in [5.74, 6) is 0.403. The number of hydrogen-bond donors (Lipinski definition) is 0. The van der Waals surface area contributed by atoms with E-state index in [-0.39, 0.29) is 46.0 Å². The number of rotatable bonds is 2. The molecule has 0 aromatic carbocycles. The highest BCUT2D eigenvalue weighted by molar-refractivity contribution is 7.91. The van der Waals surface area contributed by atoms with Gasteiger partial charge in [-0.3, -0.25) is 0 Å². The lowest BCUT2D eigenvalue weighted by Crippen LogP contribution is -2.34. The molecule has 0 spiro atoms. The Morgan fingerprint density at radius 2 is 0.850 bits per heavy atom. The molecule has 4 aliphatic rings. The molecule has 4 unspecified atom stereocenters. The van der Waals surface area contributed by atoms with Crippen LogP contribution in [0.4, 0.5) is 0 Å². The standard InChI is InChI=1S/C14H18O4S2/c1-19(15,16)13-7-3-5-9-11(7)12-8(13)4-6-10(12)14(9)20(2,17)18/h3-14H,1-2H3/t7-,8-,9-,10+,11?,12?,13?,14?/m0/s1. The Morgan fingerprint density at radius 3 is 1.05 bits per heavy atom. The van der Waals surface area contributed by atoms with Crippen molar-refractivity contribution in [2.45, 2.75) is 10.5 Å². The van der Waals surface area contributed by atoms with Crippen LogP contribution in [0.5, 0.6) is 0 Å². The van der Waals surface area contributed by atoms with Gasteiger partial charge in [-0.15, -0.1) is 0 Å². The fraction of sp³-hybridized carbons (Fsp3) is 0.714. The van der Waals surface area contributed by atoms with Crippen LogP contribution in [0.25, 0.3) is 0 Å². The molecule has 0 aromatic rings. The second-order valence-corrected chi connectivity index (χ2v) is 11.2. The molecule has 0 N–H and O–H groups in total. The molecule has 20 heavy (non-hydrogen) atoms. The predicted molar refractivity (Wildman–Crippen MR) is 76.5 cm³/mol. The molecule has 0 bridgehead atoms. The van der Waals surface area contributed by atoms with Crippen molar-refractivity contribution >= 4 is 19.7 Å². The Morgan fingerprint density at radius 1 is 0.600 bits per heavy atom. The summed E-state index contributed by atoms with van der Waals surface area (Å²) >= 11 is 0. The van der Waals surface area contributed by atoms with Crippen molar-refractivity contribution in [2.24, 2.45) is 35.5 Å². The topological polar surface area (TPSA) is 68.3 Å². The van der Waals surface area contributed by atoms with Gasteiger partial charge in [0.2, 0.25) is 0 Å². The van der Waals surface area contributed by atoms with Crippen LogP contribution < -0.4 is 0 Å². The van der Waals surface area contributed by atoms with Crippen LogP contribution in [-0.2, 0) is 19.7 Å². The molecule has 0 aromatic heterocycles. The first kappa shape index (κ1) is 13.1. The van der Waals surface area contributed by atoms with E-state index in [1.54, 1.807) is 0 Å². The van der Waals surface area contributed by atoms with E-state index in [1.165, 1.54) is 12.5 Å². The molecular weight excluding hydrogens is 296 g/mol. The van der Waals surface area contributed by atoms with Gasteiger partial charge < -0.3 is 0 Å². The van der Waals surface area contributed by atoms with Crippen molar-refractivity contribution in [1.82, 2.24) is 0 Å². The van der Waals surface area contributed by atoms with Gasteiger partial charge in [0.05, 0.1) is 10.5 Å². The molecule has 0 saturated heterocycles. The molecule has 4 nitrogen and oxygen atoms in total. The van der Waals surface area contributed by atoms with Crippen molar-refractivity contribution in [3.8, 4) is 0 Å². The van der Waals surface area contributed by atoms with Crippen molar-refractivity contribution in [1.29, 1.82) is 0 Å². The summed E-state index contributed by atoms with van der Waals surface area (Å²) in [6, 6.07) is 0. The Balaban J connectivity index is 1.86. The molecular formula is C14H18O4S2. The van der Waals surface area contributed by atoms with Gasteiger partial charge in [-0.2, -0.15) is 0 Å². The Labute approximate surface area is 119 Å². The van der Waals surface area contributed by atoms with Crippen molar-refractivity contribution < 1.29 is 16.8 Å². The minimum absolute atomic E-state index is 0.00389. The SMILES string of the molecule is CS(=O)(=O)C1[C@@H]2C=C[C@H]3C2C2[C@@H]1C=C[C@@H]2C3S(C)(=O)=O. The predicted octanol–water partition coefficient (Wildman–Crippen LogP) is 0.677. The lowest BCUT2D eigenvalue weighted by Gasteiger charge is -2.22. The largest absolute Gasteiger partial charge is 0.229 e. The summed E-state index contributed by atoms with van der Waals surface area (Å²) in [4.78, 5) is 0. The van der Waals surface area contributed by atoms with Crippen LogP contribution in [0.1, 0.15) is 0 Å². The summed E-state index contributed by atoms with van der Waals surface area (Å²) in [7, 11) is -6.24. The van der Waals surface area contributed by atoms with E-state index >= 15 is 0 Å². The van der Waals surface area contributed by atoms with Crippen LogP contribution in [0.3, 0.4) is 0 Å². The first-order valence-electron chi connectivity index (χ1n) is 6.95. The molecule has 2 saturated carbocycles. The molecule has 2 fully saturated rings. The minimum Gasteiger partial charge on any atom is -0.229 e. The molecule has 0 radical (unpaired) electrons. The number of hydrogen-bond acceptors (Lipinski definition) is 4. The maximum absolute atomic E-state index is 12.1. The van der Waals surface area contributed by atoms with E-state index in [2.05, 4.69) is 0 Å². The van der Waals surface area contributed by atoms with Crippen LogP contribution in [0, 0.1) is 35.5 Å². The van der Waals surface area contributed by atoms with Crippen LogP contribution in [0.2, 0.25) is 0 Å². The number of sulfone groups is 2. The fourth-order valence-corrected chi connectivity index (χ4v) is 8.91. The highest BCUT2D eigenvalue weighted by Gasteiger charge is 2.67. The summed E-state index contributed by atoms with van der Waals surface area (Å²) in [6.07, 6.45) is 10.5. The quantitative estimate of drug-likeness (QED) is 0.703. The van der Waals surface area contributed by atoms with Gasteiger partial charge in [0.15, 0.2) is 19.7 Å². The van der Waals surface area contributed by atoms with Gasteiger partial charge in [-0.05, 0) is 35.5 Å². The second-order valence-electron chi connectivity index (χ2n) is 6.82. The van der Waals surface area contributed by atoms with Crippen LogP contribution in [-0.4, -0.2) is 39.8 Å². The summed E-state index contributed by atoms with van der Waals surface area (Å²) < 4.78 is 48.5. The van der Waals surface area contributed by atoms with E-state index in [0.717, 1.165) is 0 Å². The highest BCUT2D eigenvalue weighted by Crippen LogP contribution is 2.65. The van der Waals surface area contributed by atoms with E-state index in [9.17, 15) is 16.8 Å². The maximum Gasteiger partial charge on any atom is 0.151 e. The first-order valence-corrected chi connectivity index (χ1v) is 10.9. The molecule has 110 valence electrons. The van der Waals surface area contributed by atoms with Crippen molar-refractivity contribution in [3.63, 3.8) is 0 Å². The normalized spacial score (nSPS) is 51.9. The van der Waals surface area contributed by atoms with E-state index in [4.69, 9.17) is 0 Å². The van der Waals surface area contributed by atoms with E-state index in [0.29, 0.717) is 0 Å². The lowest BCUT2D eigenvalue weighted by molar-refractivity contribution is 0.343. The molecule has 0 aliphatic heterocycles. The third kappa shape index (κ3) is 1.42. The summed E-state index contributed by atoms with van der Waals surface area (Å²) in [5.41, 5.74) is 0. The molecule has 4 aliphatic carbocycles. The smallest absolute Gasteiger partial charge is 0.151 e. The highest BCUT2D eigenvalue weighted by atomic mass is 32.2. The van der Waals surface area contributed by atoms with Gasteiger partial charge in [-0.25, -0.2) is 16.8 Å². The number of allylic oxidation sites excluding steroid dienone is 4. The second kappa shape index (κ2) is 3.58. The lowest BCUT2D eigenvalue weighted by atomic mass is 9.88. The Hall–Kier alpha value is -0.620. The van der Waals surface area contributed by atoms with Gasteiger partial charge in [0.25, 0.3) is 0 Å². The zero-order valence-electron chi connectivity index (χ0n) is 11.4. The van der Waals surface area contributed by atoms with Gasteiger partial charge in [-0.1, -0.05) is 24.3 Å². The van der Waals surface area contributed by atoms with E-state index < -0.39 is 19.7 Å². The van der Waals surface area contributed by atoms with Gasteiger partial charge in [0.1, 0.15) is 0 Å². The molecule has 6 heteroatoms. The maximum atomic E-state index is 12.1. The average Bonchev–Trinajstić information content (AvgIpc) is 2.92. The zero-order chi connectivity index (χ0) is 14.4. The average molecular weight is 314 g/mol. The third-order valence-corrected chi connectivity index (χ3v) is 9.07. The molecule has 8 atom stereocenters. The van der Waals surface area contributed by atoms with E-state index in [1.807, 2.05) is 24.3 Å². The Bertz CT molecular complexity index is 639. The zero-order valence-corrected chi connectivity index (χ0v) is 13.0.